The highest BCUT2D eigenvalue weighted by Crippen LogP contribution is 2.31. The zero-order valence-electron chi connectivity index (χ0n) is 21.0. The van der Waals surface area contributed by atoms with E-state index in [-0.39, 0.29) is 17.4 Å². The van der Waals surface area contributed by atoms with E-state index in [9.17, 15) is 4.79 Å². The Labute approximate surface area is 222 Å². The van der Waals surface area contributed by atoms with Gasteiger partial charge in [0.1, 0.15) is 0 Å². The number of aromatic nitrogens is 2. The lowest BCUT2D eigenvalue weighted by Gasteiger charge is -2.15. The molecule has 5 aromatic rings. The Hall–Kier alpha value is -4.55. The summed E-state index contributed by atoms with van der Waals surface area (Å²) in [5, 5.41) is 8.93. The van der Waals surface area contributed by atoms with Crippen molar-refractivity contribution in [2.24, 2.45) is 0 Å². The Bertz CT molecular complexity index is 1630. The first kappa shape index (κ1) is 23.8. The van der Waals surface area contributed by atoms with Gasteiger partial charge in [-0.15, -0.1) is 0 Å². The Morgan fingerprint density at radius 3 is 2.61 bits per heavy atom. The summed E-state index contributed by atoms with van der Waals surface area (Å²) in [6, 6.07) is 31.5. The Balaban J connectivity index is 1.15. The van der Waals surface area contributed by atoms with Crippen LogP contribution in [0.3, 0.4) is 0 Å². The quantitative estimate of drug-likeness (QED) is 0.272. The monoisotopic (exact) mass is 499 g/mol. The Morgan fingerprint density at radius 2 is 1.68 bits per heavy atom. The van der Waals surface area contributed by atoms with Crippen LogP contribution in [0.15, 0.2) is 97.2 Å². The van der Waals surface area contributed by atoms with E-state index in [1.165, 1.54) is 11.1 Å². The summed E-state index contributed by atoms with van der Waals surface area (Å²) in [5.41, 5.74) is 12.7. The van der Waals surface area contributed by atoms with Crippen molar-refractivity contribution in [3.63, 3.8) is 0 Å². The normalized spacial score (nSPS) is 14.4. The molecule has 0 bridgehead atoms. The Morgan fingerprint density at radius 1 is 0.868 bits per heavy atom. The topological polar surface area (TPSA) is 92.9 Å². The molecule has 1 heterocycles. The van der Waals surface area contributed by atoms with E-state index < -0.39 is 0 Å². The highest BCUT2D eigenvalue weighted by atomic mass is 16.1. The first-order valence-electron chi connectivity index (χ1n) is 12.9. The number of amides is 1. The maximum Gasteiger partial charge on any atom is 0.274 e. The smallest absolute Gasteiger partial charge is 0.274 e. The molecule has 6 nitrogen and oxygen atoms in total. The van der Waals surface area contributed by atoms with E-state index in [1.807, 2.05) is 30.3 Å². The second-order valence-electron chi connectivity index (χ2n) is 9.72. The van der Waals surface area contributed by atoms with Crippen molar-refractivity contribution in [2.45, 2.75) is 32.0 Å². The summed E-state index contributed by atoms with van der Waals surface area (Å²) in [6.07, 6.45) is 3.84. The maximum atomic E-state index is 13.0. The number of nitrogens with zero attached hydrogens (tertiary/aromatic N) is 2. The fourth-order valence-corrected chi connectivity index (χ4v) is 5.17. The van der Waals surface area contributed by atoms with Crippen LogP contribution in [-0.4, -0.2) is 15.9 Å². The second-order valence-corrected chi connectivity index (χ2v) is 9.72. The predicted molar refractivity (Wildman–Crippen MR) is 151 cm³/mol. The minimum Gasteiger partial charge on any atom is -0.382 e. The molecule has 1 aromatic heterocycles. The summed E-state index contributed by atoms with van der Waals surface area (Å²) >= 11 is 0. The lowest BCUT2D eigenvalue weighted by molar-refractivity contribution is 0.0946. The lowest BCUT2D eigenvalue weighted by atomic mass is 10.1. The van der Waals surface area contributed by atoms with E-state index in [1.54, 1.807) is 6.20 Å². The average Bonchev–Trinajstić information content (AvgIpc) is 3.38. The molecule has 0 saturated heterocycles. The largest absolute Gasteiger partial charge is 0.382 e. The molecular formula is C32H29N5O. The molecule has 0 fully saturated rings. The first-order chi connectivity index (χ1) is 18.6. The summed E-state index contributed by atoms with van der Waals surface area (Å²) < 4.78 is 0. The van der Waals surface area contributed by atoms with Crippen molar-refractivity contribution < 1.29 is 4.79 Å². The van der Waals surface area contributed by atoms with Gasteiger partial charge in [-0.25, -0.2) is 9.97 Å². The van der Waals surface area contributed by atoms with Crippen molar-refractivity contribution >= 4 is 22.5 Å². The molecule has 0 aliphatic heterocycles. The van der Waals surface area contributed by atoms with Crippen molar-refractivity contribution in [3.8, 4) is 11.3 Å². The summed E-state index contributed by atoms with van der Waals surface area (Å²) in [4.78, 5) is 21.9. The number of hydrogen-bond donors (Lipinski definition) is 3. The highest BCUT2D eigenvalue weighted by molar-refractivity contribution is 5.96. The minimum atomic E-state index is -0.345. The zero-order valence-corrected chi connectivity index (χ0v) is 21.0. The van der Waals surface area contributed by atoms with Crippen LogP contribution in [0.25, 0.3) is 22.0 Å². The molecule has 38 heavy (non-hydrogen) atoms. The molecule has 4 aromatic carbocycles. The number of carbonyl (C=O) groups is 1. The number of carbonyl (C=O) groups excluding carboxylic acids is 1. The van der Waals surface area contributed by atoms with Gasteiger partial charge in [-0.2, -0.15) is 0 Å². The fraction of sp³-hybridized carbons (Fsp3) is 0.156. The van der Waals surface area contributed by atoms with Gasteiger partial charge < -0.3 is 16.4 Å². The van der Waals surface area contributed by atoms with Gasteiger partial charge in [0.2, 0.25) is 0 Å². The molecule has 6 heteroatoms. The third-order valence-electron chi connectivity index (χ3n) is 7.19. The number of fused-ring (bicyclic) bond motifs is 2. The van der Waals surface area contributed by atoms with Crippen LogP contribution in [0.1, 0.15) is 45.2 Å². The van der Waals surface area contributed by atoms with Crippen molar-refractivity contribution in [1.29, 1.82) is 0 Å². The molecule has 0 radical (unpaired) electrons. The van der Waals surface area contributed by atoms with E-state index in [0.29, 0.717) is 18.3 Å². The fourth-order valence-electron chi connectivity index (χ4n) is 5.17. The first-order valence-corrected chi connectivity index (χ1v) is 12.9. The number of nitrogens with two attached hydrogens (primary N) is 1. The van der Waals surface area contributed by atoms with Crippen LogP contribution in [0.2, 0.25) is 0 Å². The summed E-state index contributed by atoms with van der Waals surface area (Å²) in [7, 11) is 0. The number of rotatable bonds is 7. The van der Waals surface area contributed by atoms with Crippen LogP contribution >= 0.6 is 0 Å². The number of hydrogen-bond acceptors (Lipinski definition) is 5. The van der Waals surface area contributed by atoms with Crippen molar-refractivity contribution in [3.05, 3.63) is 125 Å². The zero-order chi connectivity index (χ0) is 25.9. The molecule has 1 aliphatic rings. The van der Waals surface area contributed by atoms with Crippen LogP contribution in [0.5, 0.6) is 0 Å². The third kappa shape index (κ3) is 4.99. The molecule has 1 aliphatic carbocycles. The number of anilines is 1. The van der Waals surface area contributed by atoms with Gasteiger partial charge in [0, 0.05) is 24.7 Å². The van der Waals surface area contributed by atoms with Gasteiger partial charge in [0.15, 0.2) is 11.5 Å². The van der Waals surface area contributed by atoms with Gasteiger partial charge in [-0.1, -0.05) is 78.9 Å². The van der Waals surface area contributed by atoms with Crippen LogP contribution < -0.4 is 16.4 Å². The van der Waals surface area contributed by atoms with E-state index in [2.05, 4.69) is 81.3 Å². The van der Waals surface area contributed by atoms with E-state index >= 15 is 0 Å². The molecule has 4 N–H and O–H groups in total. The Kier molecular flexibility index (Phi) is 6.54. The highest BCUT2D eigenvalue weighted by Gasteiger charge is 2.21. The second kappa shape index (κ2) is 10.4. The van der Waals surface area contributed by atoms with Crippen LogP contribution in [0, 0.1) is 0 Å². The molecule has 1 amide bonds. The van der Waals surface area contributed by atoms with Gasteiger partial charge in [0.05, 0.1) is 11.9 Å². The summed E-state index contributed by atoms with van der Waals surface area (Å²) in [5.74, 6) is -0.231. The van der Waals surface area contributed by atoms with Gasteiger partial charge in [-0.05, 0) is 58.0 Å². The molecule has 6 rings (SSSR count). The number of benzene rings is 4. The van der Waals surface area contributed by atoms with Crippen molar-refractivity contribution in [2.75, 3.05) is 5.73 Å². The molecule has 0 saturated carbocycles. The molecule has 0 spiro atoms. The summed E-state index contributed by atoms with van der Waals surface area (Å²) in [6.45, 7) is 1.12. The maximum absolute atomic E-state index is 13.0. The SMILES string of the molecule is Nc1ncc(-c2cccc(CN[C@H]3CCc4ccccc43)c2)nc1C(=O)NCc1ccc2ccccc2c1. The van der Waals surface area contributed by atoms with E-state index in [0.717, 1.165) is 46.8 Å². The van der Waals surface area contributed by atoms with Crippen LogP contribution in [-0.2, 0) is 19.5 Å². The van der Waals surface area contributed by atoms with Gasteiger partial charge in [0.25, 0.3) is 5.91 Å². The third-order valence-corrected chi connectivity index (χ3v) is 7.19. The molecular weight excluding hydrogens is 470 g/mol. The standard InChI is InChI=1S/C32H29N5O/c33-31-30(32(38)36-19-22-12-13-23-7-1-2-9-25(23)16-22)37-29(20-35-31)26-10-5-6-21(17-26)18-34-28-15-14-24-8-3-4-11-27(24)28/h1-13,16-17,20,28,34H,14-15,18-19H2,(H2,33,35)(H,36,38)/t28-/m0/s1. The van der Waals surface area contributed by atoms with Gasteiger partial charge in [-0.3, -0.25) is 4.79 Å². The molecule has 1 atom stereocenters. The average molecular weight is 500 g/mol. The number of aryl methyl sites for hydroxylation is 1. The minimum absolute atomic E-state index is 0.113. The molecule has 0 unspecified atom stereocenters. The van der Waals surface area contributed by atoms with Crippen molar-refractivity contribution in [1.82, 2.24) is 20.6 Å². The van der Waals surface area contributed by atoms with Gasteiger partial charge >= 0.3 is 0 Å². The predicted octanol–water partition coefficient (Wildman–Crippen LogP) is 5.59. The molecule has 188 valence electrons. The van der Waals surface area contributed by atoms with E-state index in [4.69, 9.17) is 5.73 Å². The number of nitrogen functional groups attached to an aromatic ring is 1. The number of nitrogens with one attached hydrogen (secondary N) is 2. The van der Waals surface area contributed by atoms with Crippen LogP contribution in [0.4, 0.5) is 5.82 Å². The lowest BCUT2D eigenvalue weighted by Crippen LogP contribution is -2.25.